The molecule has 2 N–H and O–H groups in total. The average molecular weight is 271 g/mol. The fourth-order valence-corrected chi connectivity index (χ4v) is 2.42. The second kappa shape index (κ2) is 8.09. The highest BCUT2D eigenvalue weighted by Gasteiger charge is 2.14. The van der Waals surface area contributed by atoms with Crippen LogP contribution in [0.3, 0.4) is 0 Å². The van der Waals surface area contributed by atoms with Gasteiger partial charge >= 0.3 is 0 Å². The zero-order chi connectivity index (χ0) is 13.4. The Morgan fingerprint density at radius 1 is 1.47 bits per heavy atom. The van der Waals surface area contributed by atoms with Gasteiger partial charge in [0.1, 0.15) is 16.0 Å². The van der Waals surface area contributed by atoms with Crippen LogP contribution in [-0.4, -0.2) is 33.8 Å². The molecule has 0 radical (unpaired) electrons. The Bertz CT molecular complexity index is 363. The van der Waals surface area contributed by atoms with Gasteiger partial charge in [-0.15, -0.1) is 0 Å². The van der Waals surface area contributed by atoms with E-state index in [4.69, 9.17) is 23.2 Å². The SMILES string of the molecule is CCN(CC)C(=S)SCC(=O)/C(C#N)=C(/C)N. The first-order valence-corrected chi connectivity index (χ1v) is 6.68. The highest BCUT2D eigenvalue weighted by atomic mass is 32.2. The van der Waals surface area contributed by atoms with Crippen molar-refractivity contribution >= 4 is 34.1 Å². The van der Waals surface area contributed by atoms with Gasteiger partial charge in [0.05, 0.1) is 5.75 Å². The molecule has 0 aliphatic heterocycles. The quantitative estimate of drug-likeness (QED) is 0.466. The number of carbonyl (C=O) groups is 1. The van der Waals surface area contributed by atoms with Crippen LogP contribution in [0.25, 0.3) is 0 Å². The Balaban J connectivity index is 4.41. The molecule has 0 bridgehead atoms. The van der Waals surface area contributed by atoms with E-state index in [0.717, 1.165) is 13.1 Å². The third-order valence-electron chi connectivity index (χ3n) is 2.13. The summed E-state index contributed by atoms with van der Waals surface area (Å²) in [5, 5.41) is 8.77. The van der Waals surface area contributed by atoms with E-state index in [1.54, 1.807) is 6.92 Å². The van der Waals surface area contributed by atoms with E-state index in [1.165, 1.54) is 11.8 Å². The molecule has 17 heavy (non-hydrogen) atoms. The van der Waals surface area contributed by atoms with Crippen molar-refractivity contribution in [1.82, 2.24) is 4.90 Å². The summed E-state index contributed by atoms with van der Waals surface area (Å²) in [6.45, 7) is 7.18. The Hall–Kier alpha value is -1.06. The summed E-state index contributed by atoms with van der Waals surface area (Å²) in [6, 6.07) is 1.82. The van der Waals surface area contributed by atoms with Gasteiger partial charge in [-0.2, -0.15) is 5.26 Å². The zero-order valence-electron chi connectivity index (χ0n) is 10.3. The second-order valence-corrected chi connectivity index (χ2v) is 4.93. The third-order valence-corrected chi connectivity index (χ3v) is 3.66. The van der Waals surface area contributed by atoms with E-state index in [9.17, 15) is 4.79 Å². The van der Waals surface area contributed by atoms with E-state index in [1.807, 2.05) is 24.8 Å². The average Bonchev–Trinajstić information content (AvgIpc) is 2.28. The summed E-state index contributed by atoms with van der Waals surface area (Å²) < 4.78 is 0.676. The summed E-state index contributed by atoms with van der Waals surface area (Å²) in [4.78, 5) is 13.6. The number of allylic oxidation sites excluding steroid dienone is 2. The van der Waals surface area contributed by atoms with Gasteiger partial charge in [-0.05, 0) is 20.8 Å². The molecule has 0 saturated heterocycles. The number of thiocarbonyl (C=S) groups is 1. The van der Waals surface area contributed by atoms with Gasteiger partial charge in [0.15, 0.2) is 5.78 Å². The molecule has 6 heteroatoms. The molecule has 0 aliphatic carbocycles. The standard InChI is InChI=1S/C11H17N3OS2/c1-4-14(5-2)11(16)17-7-10(15)9(6-12)8(3)13/h4-5,7,13H2,1-3H3/b9-8-. The molecule has 0 unspecified atom stereocenters. The lowest BCUT2D eigenvalue weighted by atomic mass is 10.2. The molecule has 94 valence electrons. The summed E-state index contributed by atoms with van der Waals surface area (Å²) in [5.41, 5.74) is 5.73. The maximum atomic E-state index is 11.7. The number of ketones is 1. The monoisotopic (exact) mass is 271 g/mol. The van der Waals surface area contributed by atoms with Crippen LogP contribution in [0.15, 0.2) is 11.3 Å². The summed E-state index contributed by atoms with van der Waals surface area (Å²) >= 11 is 6.46. The summed E-state index contributed by atoms with van der Waals surface area (Å²) in [6.07, 6.45) is 0. The lowest BCUT2D eigenvalue weighted by Crippen LogP contribution is -2.27. The van der Waals surface area contributed by atoms with Crippen LogP contribution in [0.4, 0.5) is 0 Å². The molecule has 0 rings (SSSR count). The number of thioether (sulfide) groups is 1. The highest BCUT2D eigenvalue weighted by molar-refractivity contribution is 8.23. The summed E-state index contributed by atoms with van der Waals surface area (Å²) in [7, 11) is 0. The normalized spacial score (nSPS) is 11.4. The molecule has 4 nitrogen and oxygen atoms in total. The van der Waals surface area contributed by atoms with Crippen LogP contribution in [0.2, 0.25) is 0 Å². The van der Waals surface area contributed by atoms with Crippen molar-refractivity contribution < 1.29 is 4.79 Å². The fourth-order valence-electron chi connectivity index (χ4n) is 1.14. The molecule has 0 atom stereocenters. The summed E-state index contributed by atoms with van der Waals surface area (Å²) in [5.74, 6) is -0.112. The minimum atomic E-state index is -0.271. The smallest absolute Gasteiger partial charge is 0.185 e. The molecular formula is C11H17N3OS2. The molecular weight excluding hydrogens is 254 g/mol. The number of nitriles is 1. The molecule has 0 aliphatic rings. The zero-order valence-corrected chi connectivity index (χ0v) is 12.0. The van der Waals surface area contributed by atoms with Crippen molar-refractivity contribution in [2.45, 2.75) is 20.8 Å². The molecule has 0 aromatic rings. The van der Waals surface area contributed by atoms with Crippen molar-refractivity contribution in [2.75, 3.05) is 18.8 Å². The van der Waals surface area contributed by atoms with E-state index in [2.05, 4.69) is 0 Å². The third kappa shape index (κ3) is 5.20. The van der Waals surface area contributed by atoms with E-state index >= 15 is 0 Å². The number of Topliss-reactive ketones (excluding diaryl/α,β-unsaturated/α-hetero) is 1. The van der Waals surface area contributed by atoms with Gasteiger partial charge in [0, 0.05) is 18.8 Å². The van der Waals surface area contributed by atoms with Gasteiger partial charge in [-0.3, -0.25) is 4.79 Å². The van der Waals surface area contributed by atoms with Crippen LogP contribution in [0.1, 0.15) is 20.8 Å². The number of nitrogens with two attached hydrogens (primary N) is 1. The molecule has 0 amide bonds. The van der Waals surface area contributed by atoms with Crippen molar-refractivity contribution in [3.05, 3.63) is 11.3 Å². The topological polar surface area (TPSA) is 70.1 Å². The highest BCUT2D eigenvalue weighted by Crippen LogP contribution is 2.12. The second-order valence-electron chi connectivity index (χ2n) is 3.32. The van der Waals surface area contributed by atoms with Gasteiger partial charge < -0.3 is 10.6 Å². The van der Waals surface area contributed by atoms with Crippen molar-refractivity contribution in [3.63, 3.8) is 0 Å². The van der Waals surface area contributed by atoms with E-state index < -0.39 is 0 Å². The first kappa shape index (κ1) is 15.9. The van der Waals surface area contributed by atoms with Crippen LogP contribution in [0.5, 0.6) is 0 Å². The Labute approximate surface area is 112 Å². The minimum Gasteiger partial charge on any atom is -0.401 e. The van der Waals surface area contributed by atoms with Crippen LogP contribution in [0, 0.1) is 11.3 Å². The minimum absolute atomic E-state index is 0.0276. The fraction of sp³-hybridized carbons (Fsp3) is 0.545. The van der Waals surface area contributed by atoms with Gasteiger partial charge in [-0.25, -0.2) is 0 Å². The maximum Gasteiger partial charge on any atom is 0.185 e. The van der Waals surface area contributed by atoms with Crippen LogP contribution >= 0.6 is 24.0 Å². The largest absolute Gasteiger partial charge is 0.401 e. The predicted molar refractivity (Wildman–Crippen MR) is 75.5 cm³/mol. The number of hydrogen-bond donors (Lipinski definition) is 1. The molecule has 0 aromatic heterocycles. The van der Waals surface area contributed by atoms with Gasteiger partial charge in [0.2, 0.25) is 0 Å². The Morgan fingerprint density at radius 3 is 2.35 bits per heavy atom. The van der Waals surface area contributed by atoms with Gasteiger partial charge in [0.25, 0.3) is 0 Å². The first-order valence-electron chi connectivity index (χ1n) is 5.29. The van der Waals surface area contributed by atoms with Crippen molar-refractivity contribution in [1.29, 1.82) is 5.26 Å². The van der Waals surface area contributed by atoms with Crippen LogP contribution in [-0.2, 0) is 4.79 Å². The molecule has 0 spiro atoms. The number of nitrogens with zero attached hydrogens (tertiary/aromatic N) is 2. The molecule has 0 aromatic carbocycles. The lowest BCUT2D eigenvalue weighted by Gasteiger charge is -2.20. The lowest BCUT2D eigenvalue weighted by molar-refractivity contribution is -0.112. The Kier molecular flexibility index (Phi) is 7.59. The maximum absolute atomic E-state index is 11.7. The first-order chi connectivity index (χ1) is 7.97. The predicted octanol–water partition coefficient (Wildman–Crippen LogP) is 1.67. The van der Waals surface area contributed by atoms with Crippen molar-refractivity contribution in [2.24, 2.45) is 5.73 Å². The van der Waals surface area contributed by atoms with E-state index in [0.29, 0.717) is 4.32 Å². The van der Waals surface area contributed by atoms with E-state index in [-0.39, 0.29) is 22.8 Å². The number of carbonyl (C=O) groups excluding carboxylic acids is 1. The number of rotatable bonds is 5. The van der Waals surface area contributed by atoms with Gasteiger partial charge in [-0.1, -0.05) is 24.0 Å². The van der Waals surface area contributed by atoms with Crippen molar-refractivity contribution in [3.8, 4) is 6.07 Å². The number of hydrogen-bond acceptors (Lipinski definition) is 5. The molecule has 0 fully saturated rings. The van der Waals surface area contributed by atoms with Crippen LogP contribution < -0.4 is 5.73 Å². The molecule has 0 heterocycles. The Morgan fingerprint density at radius 2 is 2.00 bits per heavy atom. The molecule has 0 saturated carbocycles.